The third-order valence-corrected chi connectivity index (χ3v) is 4.98. The number of Topliss-reactive ketones (excluding diaryl/α,β-unsaturated/α-hetero) is 1. The molecule has 0 aliphatic heterocycles. The predicted octanol–water partition coefficient (Wildman–Crippen LogP) is 4.17. The van der Waals surface area contributed by atoms with E-state index in [-0.39, 0.29) is 18.8 Å². The van der Waals surface area contributed by atoms with Gasteiger partial charge in [0.2, 0.25) is 5.78 Å². The van der Waals surface area contributed by atoms with Gasteiger partial charge in [0.15, 0.2) is 11.7 Å². The lowest BCUT2D eigenvalue weighted by Crippen LogP contribution is -2.16. The lowest BCUT2D eigenvalue weighted by atomic mass is 10.1. The van der Waals surface area contributed by atoms with Crippen molar-refractivity contribution in [1.82, 2.24) is 9.55 Å². The Morgan fingerprint density at radius 2 is 1.96 bits per heavy atom. The molecule has 0 fully saturated rings. The summed E-state index contributed by atoms with van der Waals surface area (Å²) in [5, 5.41) is 3.29. The Morgan fingerprint density at radius 3 is 2.62 bits per heavy atom. The number of hydrogen-bond acceptors (Lipinski definition) is 5. The number of esters is 1. The van der Waals surface area contributed by atoms with Crippen LogP contribution in [0.5, 0.6) is 0 Å². The van der Waals surface area contributed by atoms with E-state index in [2.05, 4.69) is 4.98 Å². The molecule has 0 N–H and O–H groups in total. The number of aryl methyl sites for hydroxylation is 1. The largest absolute Gasteiger partial charge is 0.457 e. The van der Waals surface area contributed by atoms with Crippen LogP contribution in [0.15, 0.2) is 41.9 Å². The summed E-state index contributed by atoms with van der Waals surface area (Å²) in [5.41, 5.74) is 3.02. The number of halogens is 1. The molecule has 0 saturated carbocycles. The van der Waals surface area contributed by atoms with Gasteiger partial charge in [-0.3, -0.25) is 14.2 Å². The van der Waals surface area contributed by atoms with E-state index in [1.54, 1.807) is 36.5 Å². The fourth-order valence-corrected chi connectivity index (χ4v) is 3.59. The van der Waals surface area contributed by atoms with E-state index in [0.29, 0.717) is 10.6 Å². The number of benzene rings is 1. The number of rotatable bonds is 6. The molecule has 3 rings (SSSR count). The molecule has 0 bridgehead atoms. The Bertz CT molecular complexity index is 931. The van der Waals surface area contributed by atoms with Crippen molar-refractivity contribution in [3.8, 4) is 5.13 Å². The maximum atomic E-state index is 12.5. The average Bonchev–Trinajstić information content (AvgIpc) is 3.22. The lowest BCUT2D eigenvalue weighted by molar-refractivity contribution is -0.141. The van der Waals surface area contributed by atoms with E-state index < -0.39 is 5.97 Å². The van der Waals surface area contributed by atoms with Crippen LogP contribution in [-0.2, 0) is 16.0 Å². The highest BCUT2D eigenvalue weighted by molar-refractivity contribution is 7.12. The van der Waals surface area contributed by atoms with Gasteiger partial charge in [-0.15, -0.1) is 11.3 Å². The molecule has 3 aromatic rings. The van der Waals surface area contributed by atoms with Crippen LogP contribution in [0.3, 0.4) is 0 Å². The van der Waals surface area contributed by atoms with Crippen LogP contribution < -0.4 is 0 Å². The van der Waals surface area contributed by atoms with Crippen molar-refractivity contribution in [2.45, 2.75) is 20.3 Å². The minimum absolute atomic E-state index is 0.0998. The number of nitrogens with zero attached hydrogens (tertiary/aromatic N) is 2. The van der Waals surface area contributed by atoms with Gasteiger partial charge >= 0.3 is 5.97 Å². The zero-order chi connectivity index (χ0) is 18.7. The minimum Gasteiger partial charge on any atom is -0.457 e. The number of ketones is 1. The highest BCUT2D eigenvalue weighted by Crippen LogP contribution is 2.22. The van der Waals surface area contributed by atoms with E-state index in [4.69, 9.17) is 16.3 Å². The molecule has 0 aliphatic carbocycles. The minimum atomic E-state index is -0.450. The van der Waals surface area contributed by atoms with Gasteiger partial charge < -0.3 is 4.74 Å². The van der Waals surface area contributed by atoms with E-state index >= 15 is 0 Å². The summed E-state index contributed by atoms with van der Waals surface area (Å²) in [6.45, 7) is 3.49. The molecule has 0 spiro atoms. The van der Waals surface area contributed by atoms with Gasteiger partial charge in [-0.2, -0.15) is 0 Å². The summed E-state index contributed by atoms with van der Waals surface area (Å²) in [5.74, 6) is -0.681. The standard InChI is InChI=1S/C19H17ClN2O3S/c1-12-9-16(13(2)22(12)19-21-7-8-26-19)17(23)11-25-18(24)10-14-3-5-15(20)6-4-14/h3-9H,10-11H2,1-2H3. The molecular formula is C19H17ClN2O3S. The summed E-state index contributed by atoms with van der Waals surface area (Å²) in [7, 11) is 0. The first-order chi connectivity index (χ1) is 12.5. The molecule has 134 valence electrons. The normalized spacial score (nSPS) is 10.7. The topological polar surface area (TPSA) is 61.2 Å². The van der Waals surface area contributed by atoms with Crippen molar-refractivity contribution in [1.29, 1.82) is 0 Å². The van der Waals surface area contributed by atoms with Crippen LogP contribution in [0.1, 0.15) is 27.3 Å². The van der Waals surface area contributed by atoms with Gasteiger partial charge in [0.05, 0.1) is 6.42 Å². The lowest BCUT2D eigenvalue weighted by Gasteiger charge is -2.06. The van der Waals surface area contributed by atoms with E-state index in [9.17, 15) is 9.59 Å². The second-order valence-corrected chi connectivity index (χ2v) is 7.13. The first kappa shape index (κ1) is 18.4. The Morgan fingerprint density at radius 1 is 1.23 bits per heavy atom. The summed E-state index contributed by atoms with van der Waals surface area (Å²) < 4.78 is 7.07. The van der Waals surface area contributed by atoms with Crippen LogP contribution in [0, 0.1) is 13.8 Å². The molecular weight excluding hydrogens is 372 g/mol. The third-order valence-electron chi connectivity index (χ3n) is 3.97. The van der Waals surface area contributed by atoms with Gasteiger partial charge in [-0.1, -0.05) is 23.7 Å². The first-order valence-electron chi connectivity index (χ1n) is 7.98. The van der Waals surface area contributed by atoms with Gasteiger partial charge in [0.1, 0.15) is 0 Å². The zero-order valence-corrected chi connectivity index (χ0v) is 15.9. The summed E-state index contributed by atoms with van der Waals surface area (Å²) in [6, 6.07) is 8.73. The number of aromatic nitrogens is 2. The van der Waals surface area contributed by atoms with Crippen LogP contribution in [-0.4, -0.2) is 27.9 Å². The number of ether oxygens (including phenoxy) is 1. The quantitative estimate of drug-likeness (QED) is 0.469. The summed E-state index contributed by atoms with van der Waals surface area (Å²) in [4.78, 5) is 28.7. The highest BCUT2D eigenvalue weighted by atomic mass is 35.5. The highest BCUT2D eigenvalue weighted by Gasteiger charge is 2.19. The first-order valence-corrected chi connectivity index (χ1v) is 9.23. The van der Waals surface area contributed by atoms with Gasteiger partial charge in [-0.25, -0.2) is 4.98 Å². The smallest absolute Gasteiger partial charge is 0.310 e. The van der Waals surface area contributed by atoms with Crippen LogP contribution in [0.4, 0.5) is 0 Å². The molecule has 1 aromatic carbocycles. The maximum Gasteiger partial charge on any atom is 0.310 e. The van der Waals surface area contributed by atoms with Crippen LogP contribution >= 0.6 is 22.9 Å². The molecule has 0 atom stereocenters. The molecule has 0 amide bonds. The number of carbonyl (C=O) groups is 2. The monoisotopic (exact) mass is 388 g/mol. The van der Waals surface area contributed by atoms with E-state index in [1.165, 1.54) is 11.3 Å². The van der Waals surface area contributed by atoms with Crippen molar-refractivity contribution in [3.63, 3.8) is 0 Å². The zero-order valence-electron chi connectivity index (χ0n) is 14.4. The van der Waals surface area contributed by atoms with Crippen LogP contribution in [0.2, 0.25) is 5.02 Å². The molecule has 2 heterocycles. The van der Waals surface area contributed by atoms with Crippen molar-refractivity contribution < 1.29 is 14.3 Å². The van der Waals surface area contributed by atoms with Crippen molar-refractivity contribution in [2.75, 3.05) is 6.61 Å². The number of carbonyl (C=O) groups excluding carboxylic acids is 2. The average molecular weight is 389 g/mol. The Balaban J connectivity index is 1.64. The summed E-state index contributed by atoms with van der Waals surface area (Å²) in [6.07, 6.45) is 1.82. The molecule has 26 heavy (non-hydrogen) atoms. The third kappa shape index (κ3) is 4.03. The van der Waals surface area contributed by atoms with E-state index in [0.717, 1.165) is 22.1 Å². The number of hydrogen-bond donors (Lipinski definition) is 0. The molecule has 0 aliphatic rings. The second kappa shape index (κ2) is 7.85. The Hall–Kier alpha value is -2.44. The Kier molecular flexibility index (Phi) is 5.54. The Labute approximate surface area is 160 Å². The van der Waals surface area contributed by atoms with Gasteiger partial charge in [0, 0.05) is 33.6 Å². The molecule has 0 unspecified atom stereocenters. The van der Waals surface area contributed by atoms with Crippen molar-refractivity contribution >= 4 is 34.7 Å². The number of thiazole rings is 1. The SMILES string of the molecule is Cc1cc(C(=O)COC(=O)Cc2ccc(Cl)cc2)c(C)n1-c1nccs1. The van der Waals surface area contributed by atoms with Crippen molar-refractivity contribution in [3.05, 3.63) is 69.4 Å². The predicted molar refractivity (Wildman–Crippen MR) is 101 cm³/mol. The molecule has 5 nitrogen and oxygen atoms in total. The fourth-order valence-electron chi connectivity index (χ4n) is 2.71. The van der Waals surface area contributed by atoms with Crippen molar-refractivity contribution in [2.24, 2.45) is 0 Å². The maximum absolute atomic E-state index is 12.5. The van der Waals surface area contributed by atoms with Gasteiger partial charge in [-0.05, 0) is 37.6 Å². The molecule has 2 aromatic heterocycles. The molecule has 0 saturated heterocycles. The van der Waals surface area contributed by atoms with Gasteiger partial charge in [0.25, 0.3) is 0 Å². The van der Waals surface area contributed by atoms with E-state index in [1.807, 2.05) is 23.8 Å². The summed E-state index contributed by atoms with van der Waals surface area (Å²) >= 11 is 7.31. The fraction of sp³-hybridized carbons (Fsp3) is 0.211. The van der Waals surface area contributed by atoms with Crippen LogP contribution in [0.25, 0.3) is 5.13 Å². The molecule has 0 radical (unpaired) electrons. The second-order valence-electron chi connectivity index (χ2n) is 5.82. The molecule has 7 heteroatoms.